The van der Waals surface area contributed by atoms with Crippen LogP contribution in [-0.2, 0) is 38.0 Å². The zero-order chi connectivity index (χ0) is 73.8. The lowest BCUT2D eigenvalue weighted by Crippen LogP contribution is -3.62. The van der Waals surface area contributed by atoms with Crippen LogP contribution in [0.5, 0.6) is 0 Å². The van der Waals surface area contributed by atoms with Crippen LogP contribution in [0.15, 0.2) is 48.5 Å². The van der Waals surface area contributed by atoms with Gasteiger partial charge >= 0.3 is 89.9 Å². The second kappa shape index (κ2) is 31.3. The summed E-state index contributed by atoms with van der Waals surface area (Å²) in [6.45, 7) is 11.4. The Morgan fingerprint density at radius 2 is 0.650 bits per heavy atom. The van der Waals surface area contributed by atoms with Gasteiger partial charge in [-0.15, -0.1) is 0 Å². The van der Waals surface area contributed by atoms with Gasteiger partial charge in [-0.2, -0.15) is 52.7 Å². The number of hydrogen-bond donors (Lipinski definition) is 1. The number of halogens is 23. The Hall–Kier alpha value is -3.84. The molecule has 2 aliphatic heterocycles. The molecule has 2 saturated heterocycles. The molecule has 2 spiro atoms. The Balaban J connectivity index is 0.000000183. The minimum Gasteiger partial charge on any atom is -1.00 e. The largest absolute Gasteiger partial charge is 1.00 e. The van der Waals surface area contributed by atoms with Crippen molar-refractivity contribution in [3.63, 3.8) is 0 Å². The molecule has 10 aliphatic rings. The number of carbonyl (C=O) groups is 2. The van der Waals surface area contributed by atoms with E-state index >= 15 is 0 Å². The molecule has 0 radical (unpaired) electrons. The third kappa shape index (κ3) is 17.5. The standard InChI is InChI=1S/2C17H20F6O4.2C14H10F4I.C6H15N.BrH/c2*1-13(18,19)12(24)27-14-4-9-2-10(5-14)17(11(3-9)6-14)25-7-15(20,21)16(22,23)8-26-17;2*1-7-11(5-3-9(15)13(7)17)19-12-6-4-10(16)14(18)8(12)2;1-4-7(5-2)6-3;/h2*9-11H,2-8H2,1H3;2*3-6H,1-2H3;4-6H2,1-3H3;1H/q;;2*+1;;. The molecule has 100 heavy (non-hydrogen) atoms. The monoisotopic (exact) mass is 1750 g/mol. The molecule has 1 N–H and O–H groups in total. The van der Waals surface area contributed by atoms with Crippen molar-refractivity contribution in [2.45, 2.75) is 185 Å². The summed E-state index contributed by atoms with van der Waals surface area (Å²) >= 11 is -1.77. The molecule has 32 heteroatoms. The van der Waals surface area contributed by atoms with Gasteiger partial charge in [0.25, 0.3) is 0 Å². The van der Waals surface area contributed by atoms with Crippen LogP contribution in [0, 0.1) is 124 Å². The lowest BCUT2D eigenvalue weighted by Gasteiger charge is -2.63. The first kappa shape index (κ1) is 83.4. The van der Waals surface area contributed by atoms with Crippen molar-refractivity contribution in [3.8, 4) is 0 Å². The van der Waals surface area contributed by atoms with E-state index in [0.717, 1.165) is 24.3 Å². The van der Waals surface area contributed by atoms with E-state index in [1.54, 1.807) is 4.90 Å². The highest BCUT2D eigenvalue weighted by atomic mass is 127. The zero-order valence-corrected chi connectivity index (χ0v) is 61.5. The Morgan fingerprint density at radius 3 is 0.840 bits per heavy atom. The SMILES string of the molecule is CC(F)(F)C(=O)OC12CC3CC(C1)C1(OCC(F)(F)C(F)(F)CO1)C(C3)C2.CC(F)(F)C(=O)OC12CC3CC(C1)C1(OCC(F)(F)C(F)(F)CO1)C(C3)C2.CC[NH+](CC)CC.Cc1c([I+]c2ccc(F)c(F)c2C)ccc(F)c1F.Cc1c([I+]c2ccc(F)c(F)c2C)ccc(F)c1F.[Br-]. The number of benzene rings is 4. The van der Waals surface area contributed by atoms with Crippen LogP contribution in [-0.4, -0.2) is 116 Å². The van der Waals surface area contributed by atoms with E-state index in [1.807, 2.05) is 0 Å². The van der Waals surface area contributed by atoms with E-state index in [0.29, 0.717) is 66.7 Å². The predicted molar refractivity (Wildman–Crippen MR) is 307 cm³/mol. The number of alkyl halides is 12. The molecular formula is C68H76BrF20I2NO8+2. The van der Waals surface area contributed by atoms with Crippen LogP contribution in [0.4, 0.5) is 87.8 Å². The van der Waals surface area contributed by atoms with Gasteiger partial charge in [0.2, 0.25) is 0 Å². The minimum atomic E-state index is -4.36. The van der Waals surface area contributed by atoms with Gasteiger partial charge in [-0.3, -0.25) is 0 Å². The van der Waals surface area contributed by atoms with Crippen LogP contribution < -0.4 is 64.3 Å². The Bertz CT molecular complexity index is 3180. The molecule has 4 unspecified atom stereocenters. The summed E-state index contributed by atoms with van der Waals surface area (Å²) < 4.78 is 303. The minimum absolute atomic E-state index is 0. The number of hydrogen-bond acceptors (Lipinski definition) is 8. The first-order valence-electron chi connectivity index (χ1n) is 32.0. The number of nitrogens with one attached hydrogen (secondary N) is 1. The van der Waals surface area contributed by atoms with Gasteiger partial charge in [0.1, 0.15) is 37.6 Å². The second-order valence-corrected chi connectivity index (χ2v) is 32.6. The van der Waals surface area contributed by atoms with E-state index in [1.165, 1.54) is 71.6 Å². The summed E-state index contributed by atoms with van der Waals surface area (Å²) in [5.41, 5.74) is -1.37. The lowest BCUT2D eigenvalue weighted by molar-refractivity contribution is -0.894. The van der Waals surface area contributed by atoms with Crippen molar-refractivity contribution >= 4 is 11.9 Å². The molecule has 4 atom stereocenters. The highest BCUT2D eigenvalue weighted by Gasteiger charge is 2.72. The third-order valence-corrected chi connectivity index (χ3v) is 26.9. The second-order valence-electron chi connectivity index (χ2n) is 26.9. The third-order valence-electron chi connectivity index (χ3n) is 19.9. The van der Waals surface area contributed by atoms with E-state index in [4.69, 9.17) is 28.4 Å². The summed E-state index contributed by atoms with van der Waals surface area (Å²) in [6.07, 6.45) is 2.93. The molecule has 4 aromatic carbocycles. The van der Waals surface area contributed by atoms with Crippen molar-refractivity contribution < 1.29 is 190 Å². The van der Waals surface area contributed by atoms with Gasteiger partial charge in [-0.1, -0.05) is 0 Å². The summed E-state index contributed by atoms with van der Waals surface area (Å²) in [7, 11) is 0. The van der Waals surface area contributed by atoms with E-state index in [2.05, 4.69) is 20.8 Å². The Morgan fingerprint density at radius 1 is 0.430 bits per heavy atom. The number of rotatable bonds is 11. The quantitative estimate of drug-likeness (QED) is 0.0793. The molecule has 0 aromatic heterocycles. The fourth-order valence-corrected chi connectivity index (χ4v) is 19.9. The molecular weight excluding hydrogens is 1670 g/mol. The number of ether oxygens (including phenoxy) is 6. The maximum atomic E-state index is 13.7. The molecule has 2 heterocycles. The van der Waals surface area contributed by atoms with Crippen molar-refractivity contribution in [1.29, 1.82) is 0 Å². The van der Waals surface area contributed by atoms with Gasteiger partial charge < -0.3 is 50.3 Å². The molecule has 0 amide bonds. The average Bonchev–Trinajstić information content (AvgIpc) is 1.15. The first-order valence-corrected chi connectivity index (χ1v) is 36.3. The molecule has 8 saturated carbocycles. The van der Waals surface area contributed by atoms with Crippen molar-refractivity contribution in [3.05, 3.63) is 132 Å². The number of quaternary nitrogens is 1. The lowest BCUT2D eigenvalue weighted by atomic mass is 9.51. The Kier molecular flexibility index (Phi) is 26.1. The topological polar surface area (TPSA) is 94.0 Å². The van der Waals surface area contributed by atoms with Gasteiger partial charge in [0.05, 0.1) is 19.6 Å². The maximum absolute atomic E-state index is 13.7. The van der Waals surface area contributed by atoms with E-state index in [-0.39, 0.29) is 76.8 Å². The fourth-order valence-electron chi connectivity index (χ4n) is 14.7. The molecule has 14 rings (SSSR count). The van der Waals surface area contributed by atoms with Crippen molar-refractivity contribution in [2.24, 2.45) is 35.5 Å². The molecule has 9 nitrogen and oxygen atoms in total. The Labute approximate surface area is 596 Å². The maximum Gasteiger partial charge on any atom is 0.377 e. The van der Waals surface area contributed by atoms with Gasteiger partial charge in [-0.05, 0) is 173 Å². The fraction of sp³-hybridized carbons (Fsp3) is 0.618. The molecule has 8 aliphatic carbocycles. The van der Waals surface area contributed by atoms with Crippen LogP contribution >= 0.6 is 0 Å². The van der Waals surface area contributed by atoms with Gasteiger partial charge in [-0.25, -0.2) is 44.7 Å². The van der Waals surface area contributed by atoms with E-state index < -0.39 is 209 Å². The summed E-state index contributed by atoms with van der Waals surface area (Å²) in [5.74, 6) is -40.6. The molecule has 4 aromatic rings. The molecule has 560 valence electrons. The summed E-state index contributed by atoms with van der Waals surface area (Å²) in [6, 6.07) is 10.3. The zero-order valence-electron chi connectivity index (χ0n) is 55.6. The van der Waals surface area contributed by atoms with Crippen LogP contribution in [0.3, 0.4) is 0 Å². The summed E-state index contributed by atoms with van der Waals surface area (Å²) in [5, 5.41) is 0. The number of esters is 2. The van der Waals surface area contributed by atoms with Crippen LogP contribution in [0.2, 0.25) is 0 Å². The normalized spacial score (nSPS) is 27.2. The summed E-state index contributed by atoms with van der Waals surface area (Å²) in [4.78, 5) is 25.1. The highest BCUT2D eigenvalue weighted by Crippen LogP contribution is 2.66. The van der Waals surface area contributed by atoms with Crippen molar-refractivity contribution in [2.75, 3.05) is 46.1 Å². The van der Waals surface area contributed by atoms with E-state index in [9.17, 15) is 97.4 Å². The smallest absolute Gasteiger partial charge is 0.377 e. The average molecular weight is 1750 g/mol. The van der Waals surface area contributed by atoms with Crippen molar-refractivity contribution in [1.82, 2.24) is 0 Å². The molecule has 8 bridgehead atoms. The highest BCUT2D eigenvalue weighted by molar-refractivity contribution is 5.78. The number of carbonyl (C=O) groups excluding carboxylic acids is 2. The predicted octanol–water partition coefficient (Wildman–Crippen LogP) is 6.47. The molecule has 10 fully saturated rings. The van der Waals surface area contributed by atoms with Gasteiger partial charge in [0.15, 0.2) is 72.4 Å². The van der Waals surface area contributed by atoms with Crippen LogP contribution in [0.1, 0.15) is 121 Å². The van der Waals surface area contributed by atoms with Crippen LogP contribution in [0.25, 0.3) is 0 Å². The van der Waals surface area contributed by atoms with Gasteiger partial charge in [0, 0.05) is 59.8 Å². The first-order chi connectivity index (χ1) is 45.7.